The Kier molecular flexibility index (Phi) is 4.74. The summed E-state index contributed by atoms with van der Waals surface area (Å²) in [5, 5.41) is 15.8. The predicted molar refractivity (Wildman–Crippen MR) is 89.1 cm³/mol. The van der Waals surface area contributed by atoms with Crippen LogP contribution in [0.4, 0.5) is 14.5 Å². The van der Waals surface area contributed by atoms with Gasteiger partial charge in [-0.1, -0.05) is 12.1 Å². The van der Waals surface area contributed by atoms with Crippen LogP contribution in [0, 0.1) is 11.6 Å². The van der Waals surface area contributed by atoms with Crippen LogP contribution in [0.3, 0.4) is 0 Å². The summed E-state index contributed by atoms with van der Waals surface area (Å²) >= 11 is 0. The van der Waals surface area contributed by atoms with Gasteiger partial charge in [0.1, 0.15) is 17.2 Å². The highest BCUT2D eigenvalue weighted by Crippen LogP contribution is 2.19. The first-order valence-corrected chi connectivity index (χ1v) is 7.60. The molecule has 3 aromatic rings. The van der Waals surface area contributed by atoms with E-state index in [1.807, 2.05) is 36.5 Å². The van der Waals surface area contributed by atoms with E-state index in [2.05, 4.69) is 10.4 Å². The Balaban J connectivity index is 1.60. The van der Waals surface area contributed by atoms with Crippen molar-refractivity contribution in [2.45, 2.75) is 6.42 Å². The van der Waals surface area contributed by atoms with E-state index in [1.54, 1.807) is 10.9 Å². The van der Waals surface area contributed by atoms with Crippen molar-refractivity contribution in [3.63, 3.8) is 0 Å². The number of carboxylic acid groups (broad SMARTS) is 1. The molecular weight excluding hydrogens is 328 g/mol. The summed E-state index contributed by atoms with van der Waals surface area (Å²) in [5.41, 5.74) is 1.24. The molecule has 25 heavy (non-hydrogen) atoms. The average molecular weight is 343 g/mol. The third kappa shape index (κ3) is 3.82. The first-order valence-electron chi connectivity index (χ1n) is 7.60. The van der Waals surface area contributed by atoms with Crippen molar-refractivity contribution < 1.29 is 18.7 Å². The van der Waals surface area contributed by atoms with E-state index in [0.717, 1.165) is 23.4 Å². The minimum atomic E-state index is -1.63. The first-order chi connectivity index (χ1) is 12.0. The van der Waals surface area contributed by atoms with Gasteiger partial charge in [0.2, 0.25) is 0 Å². The number of nitrogens with one attached hydrogen (secondary N) is 1. The molecule has 3 rings (SSSR count). The van der Waals surface area contributed by atoms with E-state index in [1.165, 1.54) is 0 Å². The lowest BCUT2D eigenvalue weighted by Crippen LogP contribution is -2.09. The monoisotopic (exact) mass is 343 g/mol. The maximum atomic E-state index is 13.6. The lowest BCUT2D eigenvalue weighted by Gasteiger charge is -2.09. The fourth-order valence-electron chi connectivity index (χ4n) is 2.47. The highest BCUT2D eigenvalue weighted by atomic mass is 19.1. The summed E-state index contributed by atoms with van der Waals surface area (Å²) in [6, 6.07) is 11.6. The van der Waals surface area contributed by atoms with Crippen LogP contribution in [-0.4, -0.2) is 27.4 Å². The van der Waals surface area contributed by atoms with E-state index < -0.39 is 23.2 Å². The smallest absolute Gasteiger partial charge is 0.341 e. The lowest BCUT2D eigenvalue weighted by molar-refractivity contribution is 0.0686. The van der Waals surface area contributed by atoms with Crippen molar-refractivity contribution in [2.24, 2.45) is 0 Å². The minimum absolute atomic E-state index is 0.202. The van der Waals surface area contributed by atoms with Gasteiger partial charge in [-0.15, -0.1) is 0 Å². The van der Waals surface area contributed by atoms with Crippen molar-refractivity contribution in [3.8, 4) is 5.69 Å². The molecule has 0 aliphatic rings. The van der Waals surface area contributed by atoms with Crippen LogP contribution >= 0.6 is 0 Å². The quantitative estimate of drug-likeness (QED) is 0.719. The van der Waals surface area contributed by atoms with Gasteiger partial charge in [0.05, 0.1) is 5.69 Å². The number of carbonyl (C=O) groups is 1. The molecule has 5 nitrogen and oxygen atoms in total. The van der Waals surface area contributed by atoms with E-state index in [9.17, 15) is 13.6 Å². The van der Waals surface area contributed by atoms with Crippen molar-refractivity contribution in [1.29, 1.82) is 0 Å². The normalized spacial score (nSPS) is 10.6. The number of hydrogen-bond donors (Lipinski definition) is 2. The second kappa shape index (κ2) is 7.12. The minimum Gasteiger partial charge on any atom is -0.477 e. The molecule has 0 fully saturated rings. The zero-order chi connectivity index (χ0) is 17.8. The first kappa shape index (κ1) is 16.6. The Morgan fingerprint density at radius 1 is 1.16 bits per heavy atom. The average Bonchev–Trinajstić information content (AvgIpc) is 3.09. The number of benzene rings is 2. The van der Waals surface area contributed by atoms with Gasteiger partial charge < -0.3 is 10.4 Å². The molecule has 1 heterocycles. The van der Waals surface area contributed by atoms with E-state index in [4.69, 9.17) is 5.11 Å². The molecule has 7 heteroatoms. The van der Waals surface area contributed by atoms with Gasteiger partial charge in [0.25, 0.3) is 0 Å². The largest absolute Gasteiger partial charge is 0.477 e. The molecule has 128 valence electrons. The maximum absolute atomic E-state index is 13.6. The highest BCUT2D eigenvalue weighted by molar-refractivity contribution is 5.88. The molecule has 0 radical (unpaired) electrons. The maximum Gasteiger partial charge on any atom is 0.341 e. The topological polar surface area (TPSA) is 67.2 Å². The van der Waals surface area contributed by atoms with Gasteiger partial charge in [-0.05, 0) is 42.3 Å². The summed E-state index contributed by atoms with van der Waals surface area (Å²) in [6.07, 6.45) is 4.19. The second-order valence-corrected chi connectivity index (χ2v) is 5.41. The van der Waals surface area contributed by atoms with E-state index in [0.29, 0.717) is 13.0 Å². The zero-order valence-corrected chi connectivity index (χ0v) is 13.1. The van der Waals surface area contributed by atoms with Crippen molar-refractivity contribution in [2.75, 3.05) is 11.9 Å². The summed E-state index contributed by atoms with van der Waals surface area (Å²) in [6.45, 7) is 0.451. The van der Waals surface area contributed by atoms with Crippen molar-refractivity contribution in [3.05, 3.63) is 77.6 Å². The Morgan fingerprint density at radius 3 is 2.40 bits per heavy atom. The van der Waals surface area contributed by atoms with Gasteiger partial charge in [-0.25, -0.2) is 18.3 Å². The number of aromatic nitrogens is 2. The number of nitrogens with zero attached hydrogens (tertiary/aromatic N) is 2. The molecule has 0 bridgehead atoms. The van der Waals surface area contributed by atoms with Gasteiger partial charge in [0, 0.05) is 24.6 Å². The van der Waals surface area contributed by atoms with Crippen molar-refractivity contribution in [1.82, 2.24) is 9.78 Å². The van der Waals surface area contributed by atoms with Gasteiger partial charge >= 0.3 is 5.97 Å². The SMILES string of the molecule is O=C(O)c1c(F)cc(NCCc2ccc(-n3cccn3)cc2)cc1F. The number of halogens is 2. The van der Waals surface area contributed by atoms with Crippen LogP contribution in [-0.2, 0) is 6.42 Å². The molecule has 0 amide bonds. The van der Waals surface area contributed by atoms with E-state index >= 15 is 0 Å². The molecule has 2 N–H and O–H groups in total. The third-order valence-corrected chi connectivity index (χ3v) is 3.70. The molecule has 0 aliphatic heterocycles. The van der Waals surface area contributed by atoms with Crippen LogP contribution in [0.2, 0.25) is 0 Å². The molecule has 0 aliphatic carbocycles. The molecule has 0 spiro atoms. The van der Waals surface area contributed by atoms with Gasteiger partial charge in [-0.2, -0.15) is 5.10 Å². The molecule has 0 saturated carbocycles. The van der Waals surface area contributed by atoms with Crippen LogP contribution < -0.4 is 5.32 Å². The van der Waals surface area contributed by atoms with Crippen LogP contribution in [0.15, 0.2) is 54.9 Å². The Hall–Kier alpha value is -3.22. The predicted octanol–water partition coefficient (Wildman–Crippen LogP) is 3.50. The molecule has 0 unspecified atom stereocenters. The Morgan fingerprint density at radius 2 is 1.84 bits per heavy atom. The number of anilines is 1. The number of hydrogen-bond acceptors (Lipinski definition) is 3. The Bertz CT molecular complexity index is 855. The van der Waals surface area contributed by atoms with Crippen LogP contribution in [0.25, 0.3) is 5.69 Å². The second-order valence-electron chi connectivity index (χ2n) is 5.41. The van der Waals surface area contributed by atoms with E-state index in [-0.39, 0.29) is 5.69 Å². The molecule has 0 saturated heterocycles. The fourth-order valence-corrected chi connectivity index (χ4v) is 2.47. The summed E-state index contributed by atoms with van der Waals surface area (Å²) in [5.74, 6) is -3.82. The van der Waals surface area contributed by atoms with Gasteiger partial charge in [0.15, 0.2) is 0 Å². The fraction of sp³-hybridized carbons (Fsp3) is 0.111. The lowest BCUT2D eigenvalue weighted by atomic mass is 10.1. The number of aromatic carboxylic acids is 1. The zero-order valence-electron chi connectivity index (χ0n) is 13.1. The van der Waals surface area contributed by atoms with Crippen molar-refractivity contribution >= 4 is 11.7 Å². The summed E-state index contributed by atoms with van der Waals surface area (Å²) < 4.78 is 29.0. The summed E-state index contributed by atoms with van der Waals surface area (Å²) in [7, 11) is 0. The number of carboxylic acids is 1. The van der Waals surface area contributed by atoms with Crippen LogP contribution in [0.1, 0.15) is 15.9 Å². The molecule has 1 aromatic heterocycles. The number of rotatable bonds is 6. The molecule has 0 atom stereocenters. The van der Waals surface area contributed by atoms with Crippen LogP contribution in [0.5, 0.6) is 0 Å². The Labute approximate surface area is 142 Å². The van der Waals surface area contributed by atoms with Gasteiger partial charge in [-0.3, -0.25) is 0 Å². The molecular formula is C18H15F2N3O2. The molecule has 2 aromatic carbocycles. The summed E-state index contributed by atoms with van der Waals surface area (Å²) in [4.78, 5) is 10.8. The standard InChI is InChI=1S/C18H15F2N3O2/c19-15-10-13(11-16(20)17(15)18(24)25)21-8-6-12-2-4-14(5-3-12)23-9-1-7-22-23/h1-5,7,9-11,21H,6,8H2,(H,24,25). The highest BCUT2D eigenvalue weighted by Gasteiger charge is 2.17. The third-order valence-electron chi connectivity index (χ3n) is 3.70.